The minimum Gasteiger partial charge on any atom is -0.494 e. The second kappa shape index (κ2) is 11.1. The van der Waals surface area contributed by atoms with Gasteiger partial charge in [0.25, 0.3) is 5.91 Å². The Labute approximate surface area is 192 Å². The highest BCUT2D eigenvalue weighted by molar-refractivity contribution is 8.26. The number of benzene rings is 2. The first kappa shape index (κ1) is 23.0. The summed E-state index contributed by atoms with van der Waals surface area (Å²) in [5, 5.41) is 2.86. The largest absolute Gasteiger partial charge is 0.494 e. The highest BCUT2D eigenvalue weighted by Gasteiger charge is 2.31. The van der Waals surface area contributed by atoms with Crippen molar-refractivity contribution in [2.45, 2.75) is 33.1 Å². The first-order valence-corrected chi connectivity index (χ1v) is 11.6. The summed E-state index contributed by atoms with van der Waals surface area (Å²) in [5.74, 6) is 0.576. The number of anilines is 1. The van der Waals surface area contributed by atoms with Gasteiger partial charge in [0.15, 0.2) is 0 Å². The maximum Gasteiger partial charge on any atom is 0.266 e. The first-order valence-electron chi connectivity index (χ1n) is 10.4. The van der Waals surface area contributed by atoms with Gasteiger partial charge in [-0.15, -0.1) is 0 Å². The SMILES string of the molecule is CCOc1ccc(NC(=O)CCCN2C(=O)/C(=C/c3ccc(CC)cc3)SC2=S)cc1. The van der Waals surface area contributed by atoms with Crippen molar-refractivity contribution >= 4 is 51.9 Å². The van der Waals surface area contributed by atoms with Crippen molar-refractivity contribution in [2.24, 2.45) is 0 Å². The quantitative estimate of drug-likeness (QED) is 0.413. The van der Waals surface area contributed by atoms with Crippen LogP contribution in [0.15, 0.2) is 53.4 Å². The maximum absolute atomic E-state index is 12.7. The van der Waals surface area contributed by atoms with Crippen LogP contribution >= 0.6 is 24.0 Å². The summed E-state index contributed by atoms with van der Waals surface area (Å²) in [4.78, 5) is 27.2. The Hall–Kier alpha value is -2.64. The van der Waals surface area contributed by atoms with Crippen LogP contribution in [0.25, 0.3) is 6.08 Å². The van der Waals surface area contributed by atoms with Crippen molar-refractivity contribution in [3.8, 4) is 5.75 Å². The zero-order chi connectivity index (χ0) is 22.2. The van der Waals surface area contributed by atoms with E-state index in [0.29, 0.717) is 35.2 Å². The number of hydrogen-bond acceptors (Lipinski definition) is 5. The molecule has 3 rings (SSSR count). The molecule has 31 heavy (non-hydrogen) atoms. The van der Waals surface area contributed by atoms with Crippen molar-refractivity contribution < 1.29 is 14.3 Å². The predicted molar refractivity (Wildman–Crippen MR) is 131 cm³/mol. The van der Waals surface area contributed by atoms with Crippen LogP contribution in [0.3, 0.4) is 0 Å². The lowest BCUT2D eigenvalue weighted by Gasteiger charge is -2.14. The number of carbonyl (C=O) groups is 2. The van der Waals surface area contributed by atoms with Crippen LogP contribution in [0.1, 0.15) is 37.8 Å². The highest BCUT2D eigenvalue weighted by atomic mass is 32.2. The number of nitrogens with one attached hydrogen (secondary N) is 1. The fourth-order valence-corrected chi connectivity index (χ4v) is 4.42. The van der Waals surface area contributed by atoms with Crippen LogP contribution in [0.5, 0.6) is 5.75 Å². The maximum atomic E-state index is 12.7. The third-order valence-corrected chi connectivity index (χ3v) is 6.17. The standard InChI is InChI=1S/C24H26N2O3S2/c1-3-17-7-9-18(10-8-17)16-21-23(28)26(24(30)31-21)15-5-6-22(27)25-19-11-13-20(14-12-19)29-4-2/h7-14,16H,3-6,15H2,1-2H3,(H,25,27)/b21-16-. The van der Waals surface area contributed by atoms with Crippen molar-refractivity contribution in [1.82, 2.24) is 4.90 Å². The predicted octanol–water partition coefficient (Wildman–Crippen LogP) is 5.27. The van der Waals surface area contributed by atoms with Crippen LogP contribution in [0.4, 0.5) is 5.69 Å². The van der Waals surface area contributed by atoms with E-state index in [1.165, 1.54) is 17.3 Å². The van der Waals surface area contributed by atoms with Gasteiger partial charge in [-0.25, -0.2) is 0 Å². The highest BCUT2D eigenvalue weighted by Crippen LogP contribution is 2.32. The number of nitrogens with zero attached hydrogens (tertiary/aromatic N) is 1. The molecule has 2 amide bonds. The van der Waals surface area contributed by atoms with E-state index in [4.69, 9.17) is 17.0 Å². The van der Waals surface area contributed by atoms with E-state index in [-0.39, 0.29) is 11.8 Å². The molecule has 1 aliphatic rings. The van der Waals surface area contributed by atoms with E-state index in [1.54, 1.807) is 4.90 Å². The monoisotopic (exact) mass is 454 g/mol. The van der Waals surface area contributed by atoms with Crippen LogP contribution < -0.4 is 10.1 Å². The minimum atomic E-state index is -0.0962. The summed E-state index contributed by atoms with van der Waals surface area (Å²) < 4.78 is 5.93. The Morgan fingerprint density at radius 2 is 1.84 bits per heavy atom. The van der Waals surface area contributed by atoms with Gasteiger partial charge in [-0.05, 0) is 61.2 Å². The fraction of sp³-hybridized carbons (Fsp3) is 0.292. The molecule has 162 valence electrons. The molecule has 0 atom stereocenters. The third-order valence-electron chi connectivity index (χ3n) is 4.79. The Kier molecular flexibility index (Phi) is 8.26. The number of ether oxygens (including phenoxy) is 1. The number of aryl methyl sites for hydroxylation is 1. The molecule has 1 fully saturated rings. The third kappa shape index (κ3) is 6.42. The molecule has 0 spiro atoms. The number of carbonyl (C=O) groups excluding carboxylic acids is 2. The molecule has 0 saturated carbocycles. The Bertz CT molecular complexity index is 969. The Morgan fingerprint density at radius 3 is 2.48 bits per heavy atom. The zero-order valence-electron chi connectivity index (χ0n) is 17.7. The van der Waals surface area contributed by atoms with Crippen LogP contribution in [0, 0.1) is 0 Å². The lowest BCUT2D eigenvalue weighted by atomic mass is 10.1. The van der Waals surface area contributed by atoms with Crippen molar-refractivity contribution in [1.29, 1.82) is 0 Å². The fourth-order valence-electron chi connectivity index (χ4n) is 3.12. The number of hydrogen-bond donors (Lipinski definition) is 1. The van der Waals surface area contributed by atoms with Gasteiger partial charge < -0.3 is 10.1 Å². The molecule has 5 nitrogen and oxygen atoms in total. The molecule has 1 aliphatic heterocycles. The number of thiocarbonyl (C=S) groups is 1. The molecule has 2 aromatic carbocycles. The van der Waals surface area contributed by atoms with Gasteiger partial charge in [-0.1, -0.05) is 55.2 Å². The van der Waals surface area contributed by atoms with E-state index in [1.807, 2.05) is 49.4 Å². The normalized spacial score (nSPS) is 14.9. The van der Waals surface area contributed by atoms with Crippen LogP contribution in [-0.4, -0.2) is 34.2 Å². The van der Waals surface area contributed by atoms with Crippen molar-refractivity contribution in [3.05, 3.63) is 64.6 Å². The summed E-state index contributed by atoms with van der Waals surface area (Å²) in [6, 6.07) is 15.4. The molecule has 1 heterocycles. The van der Waals surface area contributed by atoms with Gasteiger partial charge in [-0.2, -0.15) is 0 Å². The van der Waals surface area contributed by atoms with Gasteiger partial charge in [0.2, 0.25) is 5.91 Å². The van der Waals surface area contributed by atoms with Gasteiger partial charge in [0, 0.05) is 18.7 Å². The molecule has 0 unspecified atom stereocenters. The van der Waals surface area contributed by atoms with E-state index in [2.05, 4.69) is 24.4 Å². The van der Waals surface area contributed by atoms with E-state index in [9.17, 15) is 9.59 Å². The van der Waals surface area contributed by atoms with Gasteiger partial charge in [0.1, 0.15) is 10.1 Å². The lowest BCUT2D eigenvalue weighted by Crippen LogP contribution is -2.29. The van der Waals surface area contributed by atoms with Crippen molar-refractivity contribution in [2.75, 3.05) is 18.5 Å². The van der Waals surface area contributed by atoms with Crippen molar-refractivity contribution in [3.63, 3.8) is 0 Å². The number of thioether (sulfide) groups is 1. The average molecular weight is 455 g/mol. The average Bonchev–Trinajstić information content (AvgIpc) is 3.03. The number of amides is 2. The van der Waals surface area contributed by atoms with E-state index in [0.717, 1.165) is 23.4 Å². The molecule has 1 N–H and O–H groups in total. The molecule has 2 aromatic rings. The zero-order valence-corrected chi connectivity index (χ0v) is 19.4. The van der Waals surface area contributed by atoms with Crippen LogP contribution in [0.2, 0.25) is 0 Å². The lowest BCUT2D eigenvalue weighted by molar-refractivity contribution is -0.122. The summed E-state index contributed by atoms with van der Waals surface area (Å²) in [5.41, 5.74) is 2.96. The van der Waals surface area contributed by atoms with Gasteiger partial charge in [0.05, 0.1) is 11.5 Å². The van der Waals surface area contributed by atoms with Gasteiger partial charge >= 0.3 is 0 Å². The summed E-state index contributed by atoms with van der Waals surface area (Å²) in [7, 11) is 0. The molecule has 0 radical (unpaired) electrons. The number of rotatable bonds is 9. The van der Waals surface area contributed by atoms with Crippen LogP contribution in [-0.2, 0) is 16.0 Å². The minimum absolute atomic E-state index is 0.0958. The summed E-state index contributed by atoms with van der Waals surface area (Å²) in [6.07, 6.45) is 3.70. The molecular weight excluding hydrogens is 428 g/mol. The molecule has 0 bridgehead atoms. The smallest absolute Gasteiger partial charge is 0.266 e. The second-order valence-corrected chi connectivity index (χ2v) is 8.71. The molecule has 7 heteroatoms. The Morgan fingerprint density at radius 1 is 1.13 bits per heavy atom. The Balaban J connectivity index is 1.49. The van der Waals surface area contributed by atoms with E-state index < -0.39 is 0 Å². The van der Waals surface area contributed by atoms with Gasteiger partial charge in [-0.3, -0.25) is 14.5 Å². The molecular formula is C24H26N2O3S2. The molecule has 0 aliphatic carbocycles. The first-order chi connectivity index (χ1) is 15.0. The summed E-state index contributed by atoms with van der Waals surface area (Å²) >= 11 is 6.69. The summed E-state index contributed by atoms with van der Waals surface area (Å²) in [6.45, 7) is 5.06. The van der Waals surface area contributed by atoms with E-state index >= 15 is 0 Å². The second-order valence-electron chi connectivity index (χ2n) is 7.04. The molecule has 1 saturated heterocycles. The molecule has 0 aromatic heterocycles. The topological polar surface area (TPSA) is 58.6 Å².